The number of pyridine rings is 2. The van der Waals surface area contributed by atoms with Gasteiger partial charge in [0, 0.05) is 71.4 Å². The van der Waals surface area contributed by atoms with E-state index in [1.54, 1.807) is 31.2 Å². The van der Waals surface area contributed by atoms with Crippen molar-refractivity contribution in [2.75, 3.05) is 30.8 Å². The summed E-state index contributed by atoms with van der Waals surface area (Å²) in [7, 11) is -3.80. The van der Waals surface area contributed by atoms with Gasteiger partial charge in [0.1, 0.15) is 23.3 Å². The predicted molar refractivity (Wildman–Crippen MR) is 217 cm³/mol. The first-order valence-electron chi connectivity index (χ1n) is 18.6. The van der Waals surface area contributed by atoms with Gasteiger partial charge in [-0.05, 0) is 69.7 Å². The molecule has 1 amide bonds. The Morgan fingerprint density at radius 2 is 1.90 bits per heavy atom. The summed E-state index contributed by atoms with van der Waals surface area (Å²) in [6, 6.07) is 9.30. The number of piperidine rings is 1. The third kappa shape index (κ3) is 8.54. The Morgan fingerprint density at radius 3 is 2.57 bits per heavy atom. The van der Waals surface area contributed by atoms with Crippen LogP contribution in [-0.2, 0) is 16.6 Å². The van der Waals surface area contributed by atoms with Crippen molar-refractivity contribution in [3.8, 4) is 29.0 Å². The van der Waals surface area contributed by atoms with E-state index in [0.29, 0.717) is 68.5 Å². The van der Waals surface area contributed by atoms with E-state index in [-0.39, 0.29) is 41.1 Å². The maximum atomic E-state index is 14.2. The highest BCUT2D eigenvalue weighted by Crippen LogP contribution is 2.41. The van der Waals surface area contributed by atoms with Gasteiger partial charge in [0.25, 0.3) is 11.5 Å². The first-order chi connectivity index (χ1) is 27.5. The number of nitriles is 1. The zero-order chi connectivity index (χ0) is 41.5. The van der Waals surface area contributed by atoms with E-state index >= 15 is 0 Å². The van der Waals surface area contributed by atoms with E-state index in [1.807, 2.05) is 16.5 Å². The topological polar surface area (TPSA) is 154 Å². The number of benzene rings is 1. The Morgan fingerprint density at radius 1 is 1.16 bits per heavy atom. The number of hydrogen-bond acceptors (Lipinski definition) is 11. The fourth-order valence-electron chi connectivity index (χ4n) is 8.05. The molecule has 302 valence electrons. The fourth-order valence-corrected chi connectivity index (χ4v) is 9.70. The van der Waals surface area contributed by atoms with Gasteiger partial charge in [-0.3, -0.25) is 19.1 Å². The van der Waals surface area contributed by atoms with Crippen LogP contribution in [0.4, 0.5) is 19.0 Å². The first-order valence-corrected chi connectivity index (χ1v) is 21.7. The number of fused-ring (bicyclic) bond motifs is 2. The minimum atomic E-state index is -4.14. The molecule has 1 saturated carbocycles. The van der Waals surface area contributed by atoms with E-state index < -0.39 is 34.1 Å². The number of anilines is 1. The number of thiophene rings is 1. The standard InChI is InChI=1S/C40H38ClF3N8O4S2/c1-4-51(27-10-14-50(15-11-27)28-16-24(17-28)19-40(42,43)44)37-31(20-45)34-33(21-47-37)48-23(2)52(39(34)54)13-5-6-25-7-8-26(41)18-30(25)29-9-12-46-35-32(22-57-36(29)35)38(53)49-58(3,55)56/h7-9,12,18,21-22,24,27-28H,4,10-11,13-17,19H2,1-3H3,(H,49,53). The molecule has 58 heavy (non-hydrogen) atoms. The number of hydrogen-bond donors (Lipinski definition) is 1. The number of amides is 1. The Bertz CT molecular complexity index is 2710. The van der Waals surface area contributed by atoms with Crippen LogP contribution >= 0.6 is 22.9 Å². The molecule has 12 nitrogen and oxygen atoms in total. The average Bonchev–Trinajstić information content (AvgIpc) is 3.59. The lowest BCUT2D eigenvalue weighted by Crippen LogP contribution is -2.52. The molecule has 5 heterocycles. The molecule has 1 N–H and O–H groups in total. The number of rotatable bonds is 9. The molecule has 2 fully saturated rings. The number of alkyl halides is 3. The summed E-state index contributed by atoms with van der Waals surface area (Å²) in [5.41, 5.74) is 2.27. The molecule has 0 spiro atoms. The van der Waals surface area contributed by atoms with Gasteiger partial charge < -0.3 is 9.80 Å². The van der Waals surface area contributed by atoms with Crippen molar-refractivity contribution in [2.24, 2.45) is 5.92 Å². The summed E-state index contributed by atoms with van der Waals surface area (Å²) in [4.78, 5) is 44.8. The van der Waals surface area contributed by atoms with Crippen LogP contribution in [0.25, 0.3) is 32.2 Å². The number of carbonyl (C=O) groups is 1. The van der Waals surface area contributed by atoms with Crippen LogP contribution in [0.5, 0.6) is 0 Å². The Hall–Kier alpha value is -5.07. The van der Waals surface area contributed by atoms with E-state index in [4.69, 9.17) is 11.6 Å². The van der Waals surface area contributed by atoms with Gasteiger partial charge in [0.2, 0.25) is 10.0 Å². The normalized spacial score (nSPS) is 17.7. The zero-order valence-electron chi connectivity index (χ0n) is 31.7. The lowest BCUT2D eigenvalue weighted by molar-refractivity contribution is -0.155. The predicted octanol–water partition coefficient (Wildman–Crippen LogP) is 6.66. The zero-order valence-corrected chi connectivity index (χ0v) is 34.1. The SMILES string of the molecule is CCN(c1ncc2nc(C)n(CC#Cc3ccc(Cl)cc3-c3ccnc4c(C(=O)NS(C)(=O)=O)csc34)c(=O)c2c1C#N)C1CCN(C2CC(CC(F)(F)F)C2)CC1. The number of nitrogens with zero attached hydrogens (tertiary/aromatic N) is 7. The van der Waals surface area contributed by atoms with Crippen LogP contribution in [0.15, 0.2) is 46.8 Å². The summed E-state index contributed by atoms with van der Waals surface area (Å²) in [5, 5.41) is 12.6. The highest BCUT2D eigenvalue weighted by Gasteiger charge is 2.42. The molecule has 18 heteroatoms. The minimum absolute atomic E-state index is 0.0245. The summed E-state index contributed by atoms with van der Waals surface area (Å²) in [6.45, 7) is 5.57. The Labute approximate surface area is 341 Å². The fraction of sp³-hybridized carbons (Fsp3) is 0.400. The van der Waals surface area contributed by atoms with Crippen molar-refractivity contribution in [3.05, 3.63) is 79.9 Å². The number of nitrogens with one attached hydrogen (secondary N) is 1. The second-order valence-corrected chi connectivity index (χ2v) is 17.7. The van der Waals surface area contributed by atoms with E-state index in [1.165, 1.54) is 33.7 Å². The molecule has 0 bridgehead atoms. The monoisotopic (exact) mass is 850 g/mol. The molecule has 0 unspecified atom stereocenters. The largest absolute Gasteiger partial charge is 0.389 e. The van der Waals surface area contributed by atoms with Crippen molar-refractivity contribution >= 4 is 65.8 Å². The summed E-state index contributed by atoms with van der Waals surface area (Å²) < 4.78 is 66.0. The number of carbonyl (C=O) groups excluding carboxylic acids is 1. The molecule has 1 aliphatic heterocycles. The van der Waals surface area contributed by atoms with Gasteiger partial charge in [0.05, 0.1) is 45.7 Å². The van der Waals surface area contributed by atoms with E-state index in [9.17, 15) is 36.4 Å². The van der Waals surface area contributed by atoms with Crippen LogP contribution < -0.4 is 15.2 Å². The maximum Gasteiger partial charge on any atom is 0.389 e. The lowest BCUT2D eigenvalue weighted by atomic mass is 9.76. The second kappa shape index (κ2) is 16.3. The van der Waals surface area contributed by atoms with Crippen LogP contribution in [0.1, 0.15) is 66.3 Å². The summed E-state index contributed by atoms with van der Waals surface area (Å²) in [5.74, 6) is 5.89. The van der Waals surface area contributed by atoms with Gasteiger partial charge >= 0.3 is 6.18 Å². The lowest BCUT2D eigenvalue weighted by Gasteiger charge is -2.47. The number of halogens is 4. The molecule has 2 aliphatic rings. The first kappa shape index (κ1) is 41.1. The number of aromatic nitrogens is 4. The summed E-state index contributed by atoms with van der Waals surface area (Å²) >= 11 is 7.65. The highest BCUT2D eigenvalue weighted by molar-refractivity contribution is 7.89. The van der Waals surface area contributed by atoms with Crippen molar-refractivity contribution < 1.29 is 26.4 Å². The average molecular weight is 851 g/mol. The van der Waals surface area contributed by atoms with Gasteiger partial charge in [0.15, 0.2) is 0 Å². The number of sulfonamides is 1. The van der Waals surface area contributed by atoms with E-state index in [2.05, 4.69) is 37.8 Å². The molecule has 5 aromatic rings. The molecular weight excluding hydrogens is 813 g/mol. The third-order valence-electron chi connectivity index (χ3n) is 10.8. The summed E-state index contributed by atoms with van der Waals surface area (Å²) in [6.07, 6.45) is 1.65. The molecule has 1 aromatic carbocycles. The molecule has 0 atom stereocenters. The molecule has 1 saturated heterocycles. The van der Waals surface area contributed by atoms with Gasteiger partial charge in [-0.2, -0.15) is 18.4 Å². The van der Waals surface area contributed by atoms with Crippen LogP contribution in [-0.4, -0.2) is 82.9 Å². The van der Waals surface area contributed by atoms with Crippen LogP contribution in [0.3, 0.4) is 0 Å². The van der Waals surface area contributed by atoms with Crippen LogP contribution in [0.2, 0.25) is 5.02 Å². The Kier molecular flexibility index (Phi) is 11.5. The smallest absolute Gasteiger partial charge is 0.353 e. The number of likely N-dealkylation sites (tertiary alicyclic amines) is 1. The molecular formula is C40H38ClF3N8O4S2. The molecule has 1 aliphatic carbocycles. The van der Waals surface area contributed by atoms with Crippen molar-refractivity contribution in [2.45, 2.75) is 70.8 Å². The molecule has 7 rings (SSSR count). The second-order valence-electron chi connectivity index (χ2n) is 14.6. The van der Waals surface area contributed by atoms with Gasteiger partial charge in [-0.1, -0.05) is 23.4 Å². The van der Waals surface area contributed by atoms with E-state index in [0.717, 1.165) is 32.2 Å². The molecule has 0 radical (unpaired) electrons. The highest BCUT2D eigenvalue weighted by atomic mass is 35.5. The third-order valence-corrected chi connectivity index (χ3v) is 12.6. The van der Waals surface area contributed by atoms with Gasteiger partial charge in [-0.15, -0.1) is 11.3 Å². The van der Waals surface area contributed by atoms with Crippen molar-refractivity contribution in [1.82, 2.24) is 29.1 Å². The molecule has 4 aromatic heterocycles. The number of aryl methyl sites for hydroxylation is 1. The maximum absolute atomic E-state index is 14.2. The minimum Gasteiger partial charge on any atom is -0.353 e. The quantitative estimate of drug-likeness (QED) is 0.159. The van der Waals surface area contributed by atoms with Gasteiger partial charge in [-0.25, -0.2) is 23.1 Å². The van der Waals surface area contributed by atoms with Crippen molar-refractivity contribution in [3.63, 3.8) is 0 Å². The van der Waals surface area contributed by atoms with Crippen LogP contribution in [0, 0.1) is 36.0 Å². The van der Waals surface area contributed by atoms with Crippen molar-refractivity contribution in [1.29, 1.82) is 5.26 Å². The Balaban J connectivity index is 1.14.